The quantitative estimate of drug-likeness (QED) is 0.761. The molecule has 2 aromatic rings. The van der Waals surface area contributed by atoms with Crippen LogP contribution < -0.4 is 5.32 Å². The minimum Gasteiger partial charge on any atom is -0.450 e. The molecule has 1 N–H and O–H groups in total. The predicted octanol–water partition coefficient (Wildman–Crippen LogP) is 4.23. The summed E-state index contributed by atoms with van der Waals surface area (Å²) in [5.41, 5.74) is 2.74. The molecule has 0 saturated carbocycles. The number of hydrogen-bond donors (Lipinski definition) is 1. The highest BCUT2D eigenvalue weighted by atomic mass is 32.1. The van der Waals surface area contributed by atoms with Crippen molar-refractivity contribution in [1.82, 2.24) is 4.90 Å². The van der Waals surface area contributed by atoms with Crippen molar-refractivity contribution in [2.75, 3.05) is 18.5 Å². The number of rotatable bonds is 4. The molecular weight excluding hydrogens is 393 g/mol. The van der Waals surface area contributed by atoms with Crippen LogP contribution in [0.2, 0.25) is 0 Å². The maximum atomic E-state index is 13.4. The van der Waals surface area contributed by atoms with Gasteiger partial charge in [0.05, 0.1) is 18.7 Å². The Balaban J connectivity index is 1.76. The molecule has 6 nitrogen and oxygen atoms in total. The average Bonchev–Trinajstić information content (AvgIpc) is 3.04. The lowest BCUT2D eigenvalue weighted by atomic mass is 10.0. The van der Waals surface area contributed by atoms with Crippen LogP contribution in [0.15, 0.2) is 24.3 Å². The average molecular weight is 413 g/mol. The van der Waals surface area contributed by atoms with E-state index in [0.29, 0.717) is 42.2 Å². The maximum absolute atomic E-state index is 13.4. The Kier molecular flexibility index (Phi) is 6.29. The summed E-state index contributed by atoms with van der Waals surface area (Å²) in [4.78, 5) is 26.7. The van der Waals surface area contributed by atoms with Crippen molar-refractivity contribution in [2.45, 2.75) is 26.8 Å². The highest BCUT2D eigenvalue weighted by Gasteiger charge is 2.27. The van der Waals surface area contributed by atoms with Crippen LogP contribution in [0.1, 0.15) is 34.1 Å². The van der Waals surface area contributed by atoms with E-state index in [1.165, 1.54) is 35.6 Å². The topological polar surface area (TPSA) is 82.4 Å². The van der Waals surface area contributed by atoms with Crippen LogP contribution in [0.3, 0.4) is 0 Å². The fraction of sp³-hybridized carbons (Fsp3) is 0.286. The third-order valence-electron chi connectivity index (χ3n) is 4.59. The molecule has 0 fully saturated rings. The zero-order valence-corrected chi connectivity index (χ0v) is 16.9. The number of carbonyl (C=O) groups is 2. The van der Waals surface area contributed by atoms with Gasteiger partial charge in [-0.15, -0.1) is 11.3 Å². The number of nitrogens with one attached hydrogen (secondary N) is 1. The SMILES string of the molecule is CCOC(=O)N1CCc2c(sc(NC(=O)C=Cc3cc(F)ccc3C)c2C#N)C1. The smallest absolute Gasteiger partial charge is 0.410 e. The van der Waals surface area contributed by atoms with Gasteiger partial charge in [0, 0.05) is 17.5 Å². The number of carbonyl (C=O) groups excluding carboxylic acids is 2. The van der Waals surface area contributed by atoms with Gasteiger partial charge in [-0.2, -0.15) is 5.26 Å². The number of hydrogen-bond acceptors (Lipinski definition) is 5. The van der Waals surface area contributed by atoms with Crippen LogP contribution in [0.4, 0.5) is 14.2 Å². The van der Waals surface area contributed by atoms with Gasteiger partial charge in [-0.1, -0.05) is 6.07 Å². The second kappa shape index (κ2) is 8.88. The van der Waals surface area contributed by atoms with E-state index in [4.69, 9.17) is 4.74 Å². The maximum Gasteiger partial charge on any atom is 0.410 e. The summed E-state index contributed by atoms with van der Waals surface area (Å²) >= 11 is 1.28. The fourth-order valence-corrected chi connectivity index (χ4v) is 4.31. The summed E-state index contributed by atoms with van der Waals surface area (Å²) in [5.74, 6) is -0.787. The summed E-state index contributed by atoms with van der Waals surface area (Å²) in [6.07, 6.45) is 2.99. The Morgan fingerprint density at radius 1 is 1.45 bits per heavy atom. The highest BCUT2D eigenvalue weighted by molar-refractivity contribution is 7.16. The molecule has 0 saturated heterocycles. The zero-order chi connectivity index (χ0) is 21.0. The van der Waals surface area contributed by atoms with E-state index in [0.717, 1.165) is 16.0 Å². The van der Waals surface area contributed by atoms with Crippen molar-refractivity contribution in [1.29, 1.82) is 5.26 Å². The Labute approximate surface area is 172 Å². The van der Waals surface area contributed by atoms with Gasteiger partial charge in [0.1, 0.15) is 16.9 Å². The highest BCUT2D eigenvalue weighted by Crippen LogP contribution is 2.36. The molecule has 0 atom stereocenters. The molecule has 0 bridgehead atoms. The summed E-state index contributed by atoms with van der Waals surface area (Å²) in [6, 6.07) is 6.52. The van der Waals surface area contributed by atoms with Crippen molar-refractivity contribution in [2.24, 2.45) is 0 Å². The largest absolute Gasteiger partial charge is 0.450 e. The third-order valence-corrected chi connectivity index (χ3v) is 5.72. The van der Waals surface area contributed by atoms with Crippen LogP contribution in [0, 0.1) is 24.1 Å². The molecular formula is C21H20FN3O3S. The molecule has 8 heteroatoms. The number of nitrogens with zero attached hydrogens (tertiary/aromatic N) is 2. The van der Waals surface area contributed by atoms with E-state index in [1.54, 1.807) is 17.9 Å². The molecule has 2 amide bonds. The summed E-state index contributed by atoms with van der Waals surface area (Å²) in [7, 11) is 0. The van der Waals surface area contributed by atoms with Crippen LogP contribution in [-0.2, 0) is 22.5 Å². The van der Waals surface area contributed by atoms with Crippen molar-refractivity contribution in [3.05, 3.63) is 57.2 Å². The lowest BCUT2D eigenvalue weighted by molar-refractivity contribution is -0.111. The number of ether oxygens (including phenoxy) is 1. The molecule has 29 heavy (non-hydrogen) atoms. The van der Waals surface area contributed by atoms with Crippen molar-refractivity contribution < 1.29 is 18.7 Å². The van der Waals surface area contributed by atoms with Crippen LogP contribution in [-0.4, -0.2) is 30.1 Å². The van der Waals surface area contributed by atoms with E-state index in [-0.39, 0.29) is 11.9 Å². The molecule has 3 rings (SSSR count). The molecule has 0 aliphatic carbocycles. The van der Waals surface area contributed by atoms with E-state index < -0.39 is 5.91 Å². The number of benzene rings is 1. The van der Waals surface area contributed by atoms with Gasteiger partial charge in [-0.05, 0) is 55.2 Å². The van der Waals surface area contributed by atoms with Gasteiger partial charge >= 0.3 is 6.09 Å². The second-order valence-electron chi connectivity index (χ2n) is 6.51. The van der Waals surface area contributed by atoms with Crippen molar-refractivity contribution in [3.63, 3.8) is 0 Å². The molecule has 1 aliphatic rings. The van der Waals surface area contributed by atoms with Gasteiger partial charge in [0.2, 0.25) is 5.91 Å². The van der Waals surface area contributed by atoms with Crippen LogP contribution in [0.25, 0.3) is 6.08 Å². The minimum absolute atomic E-state index is 0.300. The van der Waals surface area contributed by atoms with Gasteiger partial charge < -0.3 is 15.0 Å². The Morgan fingerprint density at radius 3 is 2.97 bits per heavy atom. The normalized spacial score (nSPS) is 13.1. The fourth-order valence-electron chi connectivity index (χ4n) is 3.09. The Hall–Kier alpha value is -3.18. The molecule has 1 aromatic carbocycles. The van der Waals surface area contributed by atoms with Gasteiger partial charge in [0.15, 0.2) is 0 Å². The van der Waals surface area contributed by atoms with Crippen LogP contribution in [0.5, 0.6) is 0 Å². The minimum atomic E-state index is -0.411. The first-order valence-electron chi connectivity index (χ1n) is 9.14. The summed E-state index contributed by atoms with van der Waals surface area (Å²) < 4.78 is 18.4. The molecule has 1 aromatic heterocycles. The first-order chi connectivity index (χ1) is 13.9. The lowest BCUT2D eigenvalue weighted by Crippen LogP contribution is -2.35. The van der Waals surface area contributed by atoms with E-state index in [2.05, 4.69) is 11.4 Å². The van der Waals surface area contributed by atoms with E-state index >= 15 is 0 Å². The molecule has 0 unspecified atom stereocenters. The molecule has 0 spiro atoms. The zero-order valence-electron chi connectivity index (χ0n) is 16.1. The summed E-state index contributed by atoms with van der Waals surface area (Å²) in [6.45, 7) is 4.69. The molecule has 1 aliphatic heterocycles. The van der Waals surface area contributed by atoms with E-state index in [1.807, 2.05) is 6.92 Å². The Morgan fingerprint density at radius 2 is 2.24 bits per heavy atom. The first-order valence-corrected chi connectivity index (χ1v) is 9.96. The predicted molar refractivity (Wildman–Crippen MR) is 109 cm³/mol. The number of nitriles is 1. The van der Waals surface area contributed by atoms with Gasteiger partial charge in [0.25, 0.3) is 0 Å². The lowest BCUT2D eigenvalue weighted by Gasteiger charge is -2.25. The number of thiophene rings is 1. The number of anilines is 1. The van der Waals surface area contributed by atoms with Gasteiger partial charge in [-0.25, -0.2) is 9.18 Å². The number of fused-ring (bicyclic) bond motifs is 1. The van der Waals surface area contributed by atoms with Crippen molar-refractivity contribution >= 4 is 34.4 Å². The Bertz CT molecular complexity index is 1020. The van der Waals surface area contributed by atoms with Crippen LogP contribution >= 0.6 is 11.3 Å². The molecule has 2 heterocycles. The van der Waals surface area contributed by atoms with Gasteiger partial charge in [-0.3, -0.25) is 4.79 Å². The second-order valence-corrected chi connectivity index (χ2v) is 7.62. The molecule has 150 valence electrons. The first kappa shape index (κ1) is 20.6. The van der Waals surface area contributed by atoms with E-state index in [9.17, 15) is 19.2 Å². The number of halogens is 1. The summed E-state index contributed by atoms with van der Waals surface area (Å²) in [5, 5.41) is 12.7. The number of aryl methyl sites for hydroxylation is 1. The van der Waals surface area contributed by atoms with Crippen molar-refractivity contribution in [3.8, 4) is 6.07 Å². The standard InChI is InChI=1S/C21H20FN3O3S/c1-3-28-21(27)25-9-8-16-17(11-23)20(29-18(16)12-25)24-19(26)7-5-14-10-15(22)6-4-13(14)2/h4-7,10H,3,8-9,12H2,1-2H3,(H,24,26). The number of amides is 2. The molecule has 0 radical (unpaired) electrons. The monoisotopic (exact) mass is 413 g/mol. The third kappa shape index (κ3) is 4.63.